The smallest absolute Gasteiger partial charge is 0.115 e. The van der Waals surface area contributed by atoms with Gasteiger partial charge in [-0.1, -0.05) is 11.6 Å². The highest BCUT2D eigenvalue weighted by atomic mass is 35.5. The lowest BCUT2D eigenvalue weighted by molar-refractivity contribution is 1.17. The van der Waals surface area contributed by atoms with Crippen molar-refractivity contribution in [1.29, 1.82) is 0 Å². The van der Waals surface area contributed by atoms with Gasteiger partial charge in [-0.05, 0) is 18.2 Å². The van der Waals surface area contributed by atoms with Crippen LogP contribution in [-0.4, -0.2) is 19.9 Å². The van der Waals surface area contributed by atoms with Crippen LogP contribution in [0.5, 0.6) is 0 Å². The zero-order valence-corrected chi connectivity index (χ0v) is 11.1. The first-order valence-electron chi connectivity index (χ1n) is 6.13. The number of halogens is 1. The summed E-state index contributed by atoms with van der Waals surface area (Å²) in [5.74, 6) is 0. The number of pyridine rings is 1. The van der Waals surface area contributed by atoms with Crippen LogP contribution in [0.15, 0.2) is 49.3 Å². The summed E-state index contributed by atoms with van der Waals surface area (Å²) in [5, 5.41) is 2.87. The molecular weight excluding hydrogens is 272 g/mol. The molecule has 1 N–H and O–H groups in total. The number of hydrogen-bond acceptors (Lipinski definition) is 3. The fourth-order valence-electron chi connectivity index (χ4n) is 2.48. The Morgan fingerprint density at radius 1 is 0.950 bits per heavy atom. The van der Waals surface area contributed by atoms with Crippen LogP contribution in [0.1, 0.15) is 0 Å². The Balaban J connectivity index is 2.16. The van der Waals surface area contributed by atoms with E-state index in [9.17, 15) is 0 Å². The van der Waals surface area contributed by atoms with Gasteiger partial charge in [0.1, 0.15) is 6.33 Å². The molecule has 0 unspecified atom stereocenters. The molecule has 1 aromatic carbocycles. The highest BCUT2D eigenvalue weighted by molar-refractivity contribution is 6.32. The van der Waals surface area contributed by atoms with Crippen molar-refractivity contribution in [3.05, 3.63) is 54.3 Å². The van der Waals surface area contributed by atoms with Gasteiger partial charge in [0.05, 0.1) is 17.2 Å². The molecule has 96 valence electrons. The highest BCUT2D eigenvalue weighted by Crippen LogP contribution is 2.34. The molecule has 4 rings (SSSR count). The molecule has 0 fully saturated rings. The first-order valence-corrected chi connectivity index (χ1v) is 6.51. The number of fused-ring (bicyclic) bond motifs is 3. The van der Waals surface area contributed by atoms with Crippen molar-refractivity contribution in [3.8, 4) is 11.1 Å². The molecule has 0 saturated heterocycles. The first-order chi connectivity index (χ1) is 9.83. The minimum absolute atomic E-state index is 0.689. The Hall–Kier alpha value is -2.46. The highest BCUT2D eigenvalue weighted by Gasteiger charge is 2.11. The van der Waals surface area contributed by atoms with Gasteiger partial charge in [-0.2, -0.15) is 0 Å². The minimum Gasteiger partial charge on any atom is -0.353 e. The molecule has 5 heteroatoms. The summed E-state index contributed by atoms with van der Waals surface area (Å²) in [6, 6.07) is 5.87. The number of rotatable bonds is 1. The third kappa shape index (κ3) is 1.66. The van der Waals surface area contributed by atoms with Crippen LogP contribution in [0.3, 0.4) is 0 Å². The molecular formula is C15H9ClN4. The molecule has 0 spiro atoms. The van der Waals surface area contributed by atoms with Gasteiger partial charge in [-0.15, -0.1) is 0 Å². The largest absolute Gasteiger partial charge is 0.353 e. The number of hydrogen-bond donors (Lipinski definition) is 1. The lowest BCUT2D eigenvalue weighted by Gasteiger charge is -2.03. The second-order valence-corrected chi connectivity index (χ2v) is 4.99. The monoisotopic (exact) mass is 280 g/mol. The van der Waals surface area contributed by atoms with E-state index in [0.29, 0.717) is 5.02 Å². The molecule has 4 aromatic rings. The average Bonchev–Trinajstić information content (AvgIpc) is 2.86. The van der Waals surface area contributed by atoms with E-state index in [1.807, 2.05) is 24.4 Å². The topological polar surface area (TPSA) is 54.5 Å². The second-order valence-electron chi connectivity index (χ2n) is 4.55. The molecule has 0 saturated carbocycles. The van der Waals surface area contributed by atoms with E-state index in [2.05, 4.69) is 19.9 Å². The second kappa shape index (κ2) is 4.28. The van der Waals surface area contributed by atoms with E-state index in [4.69, 9.17) is 11.6 Å². The SMILES string of the molecule is Clc1cc(-c2cncnc2)c2[nH]c3cnccc3c2c1. The van der Waals surface area contributed by atoms with Gasteiger partial charge in [-0.3, -0.25) is 4.98 Å². The van der Waals surface area contributed by atoms with Crippen LogP contribution in [0.2, 0.25) is 5.02 Å². The summed E-state index contributed by atoms with van der Waals surface area (Å²) < 4.78 is 0. The van der Waals surface area contributed by atoms with Gasteiger partial charge in [0, 0.05) is 45.5 Å². The van der Waals surface area contributed by atoms with E-state index in [1.165, 1.54) is 6.33 Å². The third-order valence-corrected chi connectivity index (χ3v) is 3.56. The number of nitrogens with one attached hydrogen (secondary N) is 1. The van der Waals surface area contributed by atoms with Gasteiger partial charge >= 0.3 is 0 Å². The van der Waals surface area contributed by atoms with Crippen LogP contribution in [0.25, 0.3) is 32.9 Å². The molecule has 0 aliphatic rings. The minimum atomic E-state index is 0.689. The summed E-state index contributed by atoms with van der Waals surface area (Å²) >= 11 is 6.26. The Morgan fingerprint density at radius 2 is 1.80 bits per heavy atom. The molecule has 20 heavy (non-hydrogen) atoms. The summed E-state index contributed by atoms with van der Waals surface area (Å²) in [6.07, 6.45) is 8.67. The fourth-order valence-corrected chi connectivity index (χ4v) is 2.70. The Kier molecular flexibility index (Phi) is 2.44. The molecule has 0 aliphatic heterocycles. The quantitative estimate of drug-likeness (QED) is 0.576. The average molecular weight is 281 g/mol. The molecule has 3 heterocycles. The summed E-state index contributed by atoms with van der Waals surface area (Å²) in [7, 11) is 0. The number of aromatic amines is 1. The van der Waals surface area contributed by atoms with E-state index < -0.39 is 0 Å². The maximum absolute atomic E-state index is 6.26. The Morgan fingerprint density at radius 3 is 2.65 bits per heavy atom. The van der Waals surface area contributed by atoms with Crippen molar-refractivity contribution < 1.29 is 0 Å². The van der Waals surface area contributed by atoms with Crippen LogP contribution in [-0.2, 0) is 0 Å². The molecule has 0 bridgehead atoms. The van der Waals surface area contributed by atoms with Crippen molar-refractivity contribution in [2.24, 2.45) is 0 Å². The van der Waals surface area contributed by atoms with Gasteiger partial charge < -0.3 is 4.98 Å². The van der Waals surface area contributed by atoms with Crippen LogP contribution < -0.4 is 0 Å². The number of aromatic nitrogens is 4. The van der Waals surface area contributed by atoms with Gasteiger partial charge in [0.25, 0.3) is 0 Å². The summed E-state index contributed by atoms with van der Waals surface area (Å²) in [4.78, 5) is 15.7. The predicted octanol–water partition coefficient (Wildman–Crippen LogP) is 3.83. The van der Waals surface area contributed by atoms with Crippen molar-refractivity contribution in [2.45, 2.75) is 0 Å². The summed E-state index contributed by atoms with van der Waals surface area (Å²) in [6.45, 7) is 0. The van der Waals surface area contributed by atoms with Crippen molar-refractivity contribution in [1.82, 2.24) is 19.9 Å². The molecule has 3 aromatic heterocycles. The Bertz CT molecular complexity index is 915. The maximum atomic E-state index is 6.26. The van der Waals surface area contributed by atoms with Crippen molar-refractivity contribution >= 4 is 33.4 Å². The lowest BCUT2D eigenvalue weighted by atomic mass is 10.0. The lowest BCUT2D eigenvalue weighted by Crippen LogP contribution is -1.84. The van der Waals surface area contributed by atoms with Crippen molar-refractivity contribution in [2.75, 3.05) is 0 Å². The van der Waals surface area contributed by atoms with E-state index in [1.54, 1.807) is 18.6 Å². The predicted molar refractivity (Wildman–Crippen MR) is 79.6 cm³/mol. The molecule has 0 aliphatic carbocycles. The van der Waals surface area contributed by atoms with E-state index in [0.717, 1.165) is 32.9 Å². The normalized spacial score (nSPS) is 11.2. The number of H-pyrrole nitrogens is 1. The zero-order chi connectivity index (χ0) is 13.5. The van der Waals surface area contributed by atoms with Crippen molar-refractivity contribution in [3.63, 3.8) is 0 Å². The standard InChI is InChI=1S/C15H9ClN4/c16-10-3-12(9-5-18-8-19-6-9)15-13(4-10)11-1-2-17-7-14(11)20-15/h1-8,20H. The number of benzene rings is 1. The molecule has 0 atom stereocenters. The van der Waals surface area contributed by atoms with E-state index >= 15 is 0 Å². The Labute approximate surface area is 119 Å². The van der Waals surface area contributed by atoms with Crippen LogP contribution >= 0.6 is 11.6 Å². The maximum Gasteiger partial charge on any atom is 0.115 e. The van der Waals surface area contributed by atoms with Crippen LogP contribution in [0.4, 0.5) is 0 Å². The van der Waals surface area contributed by atoms with Gasteiger partial charge in [-0.25, -0.2) is 9.97 Å². The number of nitrogens with zero attached hydrogens (tertiary/aromatic N) is 3. The summed E-state index contributed by atoms with van der Waals surface area (Å²) in [5.41, 5.74) is 3.93. The molecule has 0 amide bonds. The third-order valence-electron chi connectivity index (χ3n) is 3.35. The first kappa shape index (κ1) is 11.4. The molecule has 0 radical (unpaired) electrons. The van der Waals surface area contributed by atoms with Gasteiger partial charge in [0.15, 0.2) is 0 Å². The van der Waals surface area contributed by atoms with Crippen LogP contribution in [0, 0.1) is 0 Å². The fraction of sp³-hybridized carbons (Fsp3) is 0. The zero-order valence-electron chi connectivity index (χ0n) is 10.3. The van der Waals surface area contributed by atoms with E-state index in [-0.39, 0.29) is 0 Å². The molecule has 4 nitrogen and oxygen atoms in total. The van der Waals surface area contributed by atoms with Gasteiger partial charge in [0.2, 0.25) is 0 Å².